The summed E-state index contributed by atoms with van der Waals surface area (Å²) in [5.74, 6) is -1.32. The van der Waals surface area contributed by atoms with E-state index >= 15 is 0 Å². The maximum absolute atomic E-state index is 14.2. The molecule has 0 unspecified atom stereocenters. The maximum Gasteiger partial charge on any atom is 0.431 e. The number of hydrogen-bond donors (Lipinski definition) is 1. The summed E-state index contributed by atoms with van der Waals surface area (Å²) in [5.41, 5.74) is -2.62. The molecule has 1 amide bonds. The Morgan fingerprint density at radius 1 is 1.18 bits per heavy atom. The van der Waals surface area contributed by atoms with Gasteiger partial charge in [-0.1, -0.05) is 6.07 Å². The molecule has 0 aliphatic rings. The van der Waals surface area contributed by atoms with Crippen molar-refractivity contribution in [2.24, 2.45) is 0 Å². The van der Waals surface area contributed by atoms with Gasteiger partial charge in [0.05, 0.1) is 5.52 Å². The second kappa shape index (κ2) is 7.83. The lowest BCUT2D eigenvalue weighted by Gasteiger charge is -2.19. The Morgan fingerprint density at radius 2 is 1.96 bits per heavy atom. The Balaban J connectivity index is 1.80. The fourth-order valence-electron chi connectivity index (χ4n) is 2.90. The lowest BCUT2D eigenvalue weighted by atomic mass is 10.1. The van der Waals surface area contributed by atoms with Gasteiger partial charge in [-0.15, -0.1) is 0 Å². The fraction of sp³-hybridized carbons (Fsp3) is 0.278. The first-order chi connectivity index (χ1) is 13.3. The van der Waals surface area contributed by atoms with E-state index in [1.54, 1.807) is 23.1 Å². The monoisotopic (exact) mass is 396 g/mol. The number of rotatable bonds is 6. The second-order valence-corrected chi connectivity index (χ2v) is 6.05. The van der Waals surface area contributed by atoms with Crippen molar-refractivity contribution in [3.8, 4) is 0 Å². The highest BCUT2D eigenvalue weighted by atomic mass is 19.4. The summed E-state index contributed by atoms with van der Waals surface area (Å²) in [6.45, 7) is -0.185. The molecule has 1 N–H and O–H groups in total. The summed E-state index contributed by atoms with van der Waals surface area (Å²) in [6.07, 6.45) is -1.52. The van der Waals surface area contributed by atoms with Crippen LogP contribution in [-0.2, 0) is 24.1 Å². The van der Waals surface area contributed by atoms with Gasteiger partial charge in [0.25, 0.3) is 0 Å². The van der Waals surface area contributed by atoms with Crippen LogP contribution in [0.25, 0.3) is 10.9 Å². The summed E-state index contributed by atoms with van der Waals surface area (Å²) in [5, 5.41) is 6.29. The number of para-hydroxylation sites is 1. The molecule has 2 heterocycles. The van der Waals surface area contributed by atoms with Crippen LogP contribution in [0.15, 0.2) is 47.5 Å². The number of pyridine rings is 1. The van der Waals surface area contributed by atoms with Gasteiger partial charge < -0.3 is 9.88 Å². The number of fused-ring (bicyclic) bond motifs is 1. The van der Waals surface area contributed by atoms with Crippen molar-refractivity contribution in [3.05, 3.63) is 64.5 Å². The fourth-order valence-corrected chi connectivity index (χ4v) is 2.90. The van der Waals surface area contributed by atoms with Crippen LogP contribution >= 0.6 is 0 Å². The first-order valence-corrected chi connectivity index (χ1v) is 8.41. The third-order valence-corrected chi connectivity index (χ3v) is 4.16. The van der Waals surface area contributed by atoms with Gasteiger partial charge in [-0.05, 0) is 18.2 Å². The number of carbonyl (C=O) groups excluding carboxylic acids is 1. The third-order valence-electron chi connectivity index (χ3n) is 4.16. The molecule has 0 bridgehead atoms. The molecule has 1 aromatic carbocycles. The molecule has 0 spiro atoms. The minimum atomic E-state index is -4.85. The average molecular weight is 396 g/mol. The van der Waals surface area contributed by atoms with Crippen LogP contribution in [0.5, 0.6) is 0 Å². The van der Waals surface area contributed by atoms with Gasteiger partial charge in [-0.2, -0.15) is 18.3 Å². The molecular weight excluding hydrogens is 380 g/mol. The molecule has 148 valence electrons. The minimum Gasteiger partial charge on any atom is -0.354 e. The summed E-state index contributed by atoms with van der Waals surface area (Å²) in [6, 6.07) is 5.66. The van der Waals surface area contributed by atoms with E-state index < -0.39 is 28.6 Å². The van der Waals surface area contributed by atoms with E-state index in [0.717, 1.165) is 6.07 Å². The molecule has 28 heavy (non-hydrogen) atoms. The lowest BCUT2D eigenvalue weighted by Crippen LogP contribution is -2.30. The normalized spacial score (nSPS) is 11.7. The zero-order valence-corrected chi connectivity index (χ0v) is 14.5. The Hall–Kier alpha value is -3.17. The highest BCUT2D eigenvalue weighted by Crippen LogP contribution is 2.31. The number of amides is 1. The third kappa shape index (κ3) is 4.21. The van der Waals surface area contributed by atoms with Crippen molar-refractivity contribution in [3.63, 3.8) is 0 Å². The van der Waals surface area contributed by atoms with Gasteiger partial charge in [0, 0.05) is 49.9 Å². The molecule has 0 saturated carbocycles. The first kappa shape index (κ1) is 19.6. The average Bonchev–Trinajstić information content (AvgIpc) is 3.14. The molecule has 0 aliphatic heterocycles. The van der Waals surface area contributed by atoms with E-state index in [9.17, 15) is 27.2 Å². The molecule has 10 heteroatoms. The quantitative estimate of drug-likeness (QED) is 0.652. The molecule has 0 radical (unpaired) electrons. The van der Waals surface area contributed by atoms with Crippen molar-refractivity contribution in [2.75, 3.05) is 6.54 Å². The number of aryl methyl sites for hydroxylation is 1. The van der Waals surface area contributed by atoms with Gasteiger partial charge in [-0.25, -0.2) is 4.39 Å². The van der Waals surface area contributed by atoms with Crippen LogP contribution in [0, 0.1) is 5.82 Å². The van der Waals surface area contributed by atoms with Crippen molar-refractivity contribution in [1.29, 1.82) is 0 Å². The van der Waals surface area contributed by atoms with Gasteiger partial charge >= 0.3 is 6.18 Å². The minimum absolute atomic E-state index is 0.0904. The zero-order chi connectivity index (χ0) is 20.3. The predicted octanol–water partition coefficient (Wildman–Crippen LogP) is 2.56. The molecule has 0 saturated heterocycles. The SMILES string of the molecule is O=C(CCn1cccn1)NCCn1c(C(F)(F)F)cc(=O)c2cccc(F)c21. The molecule has 0 fully saturated rings. The molecule has 3 aromatic rings. The maximum atomic E-state index is 14.2. The zero-order valence-electron chi connectivity index (χ0n) is 14.5. The lowest BCUT2D eigenvalue weighted by molar-refractivity contribution is -0.143. The highest BCUT2D eigenvalue weighted by molar-refractivity contribution is 5.80. The van der Waals surface area contributed by atoms with E-state index in [4.69, 9.17) is 0 Å². The number of hydrogen-bond acceptors (Lipinski definition) is 3. The molecule has 6 nitrogen and oxygen atoms in total. The van der Waals surface area contributed by atoms with Crippen molar-refractivity contribution >= 4 is 16.8 Å². The van der Waals surface area contributed by atoms with Gasteiger partial charge in [0.15, 0.2) is 5.43 Å². The molecule has 3 rings (SSSR count). The van der Waals surface area contributed by atoms with Crippen LogP contribution in [0.4, 0.5) is 17.6 Å². The van der Waals surface area contributed by atoms with Gasteiger partial charge in [0.1, 0.15) is 11.5 Å². The summed E-state index contributed by atoms with van der Waals surface area (Å²) in [7, 11) is 0. The Morgan fingerprint density at radius 3 is 2.64 bits per heavy atom. The number of nitrogens with one attached hydrogen (secondary N) is 1. The van der Waals surface area contributed by atoms with E-state index in [1.165, 1.54) is 12.1 Å². The van der Waals surface area contributed by atoms with Crippen molar-refractivity contribution < 1.29 is 22.4 Å². The topological polar surface area (TPSA) is 68.9 Å². The number of carbonyl (C=O) groups is 1. The van der Waals surface area contributed by atoms with E-state index in [0.29, 0.717) is 17.2 Å². The van der Waals surface area contributed by atoms with Gasteiger partial charge in [-0.3, -0.25) is 14.3 Å². The van der Waals surface area contributed by atoms with E-state index in [1.807, 2.05) is 0 Å². The van der Waals surface area contributed by atoms with E-state index in [-0.39, 0.29) is 30.8 Å². The first-order valence-electron chi connectivity index (χ1n) is 8.41. The smallest absolute Gasteiger partial charge is 0.354 e. The number of alkyl halides is 3. The van der Waals surface area contributed by atoms with Crippen LogP contribution in [0.2, 0.25) is 0 Å². The second-order valence-electron chi connectivity index (χ2n) is 6.05. The Labute approximate surface area is 156 Å². The standard InChI is InChI=1S/C18H16F4N4O2/c19-13-4-1-3-12-14(27)11-15(18(20,21)22)26(17(12)13)10-7-23-16(28)5-9-25-8-2-6-24-25/h1-4,6,8,11H,5,7,9-10H2,(H,23,28). The predicted molar refractivity (Wildman–Crippen MR) is 93.0 cm³/mol. The Kier molecular flexibility index (Phi) is 5.48. The number of nitrogens with zero attached hydrogens (tertiary/aromatic N) is 3. The summed E-state index contributed by atoms with van der Waals surface area (Å²) in [4.78, 5) is 23.9. The van der Waals surface area contributed by atoms with E-state index in [2.05, 4.69) is 10.4 Å². The van der Waals surface area contributed by atoms with Crippen LogP contribution in [-0.4, -0.2) is 26.8 Å². The highest BCUT2D eigenvalue weighted by Gasteiger charge is 2.35. The molecule has 2 aromatic heterocycles. The van der Waals surface area contributed by atoms with Gasteiger partial charge in [0.2, 0.25) is 5.91 Å². The molecular formula is C18H16F4N4O2. The van der Waals surface area contributed by atoms with Crippen LogP contribution < -0.4 is 10.7 Å². The summed E-state index contributed by atoms with van der Waals surface area (Å²) < 4.78 is 56.6. The van der Waals surface area contributed by atoms with Crippen molar-refractivity contribution in [2.45, 2.75) is 25.7 Å². The number of benzene rings is 1. The van der Waals surface area contributed by atoms with Crippen LogP contribution in [0.1, 0.15) is 12.1 Å². The van der Waals surface area contributed by atoms with Crippen LogP contribution in [0.3, 0.4) is 0 Å². The summed E-state index contributed by atoms with van der Waals surface area (Å²) >= 11 is 0. The molecule has 0 atom stereocenters. The number of aromatic nitrogens is 3. The largest absolute Gasteiger partial charge is 0.431 e. The number of halogens is 4. The van der Waals surface area contributed by atoms with Crippen molar-refractivity contribution in [1.82, 2.24) is 19.7 Å². The molecule has 0 aliphatic carbocycles. The Bertz CT molecular complexity index is 1040.